The van der Waals surface area contributed by atoms with Crippen molar-refractivity contribution in [3.05, 3.63) is 11.6 Å². The second-order valence-corrected chi connectivity index (χ2v) is 3.24. The maximum absolute atomic E-state index is 11.8. The minimum Gasteiger partial charge on any atom is -0.361 e. The fourth-order valence-electron chi connectivity index (χ4n) is 1.27. The SMILES string of the molecule is N#CC=C1CCN(OC(=O)C(F)(F)F)CC1. The van der Waals surface area contributed by atoms with Gasteiger partial charge in [0.25, 0.3) is 0 Å². The van der Waals surface area contributed by atoms with E-state index in [1.165, 1.54) is 6.08 Å². The lowest BCUT2D eigenvalue weighted by molar-refractivity contribution is -0.239. The number of hydrogen-bond acceptors (Lipinski definition) is 4. The third-order valence-corrected chi connectivity index (χ3v) is 2.08. The van der Waals surface area contributed by atoms with E-state index in [0.29, 0.717) is 12.8 Å². The fourth-order valence-corrected chi connectivity index (χ4v) is 1.27. The van der Waals surface area contributed by atoms with Gasteiger partial charge in [-0.25, -0.2) is 4.79 Å². The Morgan fingerprint density at radius 3 is 2.44 bits per heavy atom. The largest absolute Gasteiger partial charge is 0.492 e. The van der Waals surface area contributed by atoms with Gasteiger partial charge in [-0.05, 0) is 12.8 Å². The predicted molar refractivity (Wildman–Crippen MR) is 46.7 cm³/mol. The quantitative estimate of drug-likeness (QED) is 0.646. The van der Waals surface area contributed by atoms with E-state index >= 15 is 0 Å². The highest BCUT2D eigenvalue weighted by Gasteiger charge is 2.42. The molecule has 1 heterocycles. The van der Waals surface area contributed by atoms with E-state index in [-0.39, 0.29) is 13.1 Å². The summed E-state index contributed by atoms with van der Waals surface area (Å²) < 4.78 is 35.5. The Bertz CT molecular complexity index is 334. The Kier molecular flexibility index (Phi) is 3.90. The molecule has 7 heteroatoms. The van der Waals surface area contributed by atoms with Gasteiger partial charge in [0.2, 0.25) is 0 Å². The van der Waals surface area contributed by atoms with E-state index in [1.54, 1.807) is 0 Å². The first-order valence-corrected chi connectivity index (χ1v) is 4.55. The average molecular weight is 234 g/mol. The topological polar surface area (TPSA) is 53.3 Å². The van der Waals surface area contributed by atoms with Gasteiger partial charge in [0, 0.05) is 19.2 Å². The molecule has 0 amide bonds. The van der Waals surface area contributed by atoms with Crippen LogP contribution in [-0.4, -0.2) is 30.3 Å². The van der Waals surface area contributed by atoms with Crippen molar-refractivity contribution < 1.29 is 22.8 Å². The molecule has 16 heavy (non-hydrogen) atoms. The molecule has 0 aliphatic carbocycles. The summed E-state index contributed by atoms with van der Waals surface area (Å²) in [6.45, 7) is 0.352. The Morgan fingerprint density at radius 2 is 2.00 bits per heavy atom. The van der Waals surface area contributed by atoms with Crippen LogP contribution in [0.3, 0.4) is 0 Å². The van der Waals surface area contributed by atoms with Crippen LogP contribution in [-0.2, 0) is 9.63 Å². The highest BCUT2D eigenvalue weighted by molar-refractivity contribution is 5.75. The molecule has 0 radical (unpaired) electrons. The van der Waals surface area contributed by atoms with Gasteiger partial charge in [0.05, 0.1) is 6.07 Å². The first-order chi connectivity index (χ1) is 7.43. The maximum atomic E-state index is 11.8. The highest BCUT2D eigenvalue weighted by atomic mass is 19.4. The molecule has 1 aliphatic heterocycles. The number of rotatable bonds is 1. The van der Waals surface area contributed by atoms with Crippen molar-refractivity contribution in [3.8, 4) is 6.07 Å². The summed E-state index contributed by atoms with van der Waals surface area (Å²) in [7, 11) is 0. The molecule has 1 aliphatic rings. The van der Waals surface area contributed by atoms with Crippen LogP contribution in [0.2, 0.25) is 0 Å². The molecule has 88 valence electrons. The number of nitrogens with zero attached hydrogens (tertiary/aromatic N) is 2. The Morgan fingerprint density at radius 1 is 1.44 bits per heavy atom. The Hall–Kier alpha value is -1.55. The molecule has 1 rings (SSSR count). The number of piperidine rings is 1. The molecule has 1 saturated heterocycles. The summed E-state index contributed by atoms with van der Waals surface area (Å²) in [5.74, 6) is -2.21. The lowest BCUT2D eigenvalue weighted by atomic mass is 10.1. The van der Waals surface area contributed by atoms with Crippen LogP contribution in [0.5, 0.6) is 0 Å². The van der Waals surface area contributed by atoms with E-state index in [2.05, 4.69) is 4.84 Å². The molecule has 0 atom stereocenters. The fraction of sp³-hybridized carbons (Fsp3) is 0.556. The van der Waals surface area contributed by atoms with Crippen LogP contribution in [0.25, 0.3) is 0 Å². The van der Waals surface area contributed by atoms with Gasteiger partial charge in [-0.2, -0.15) is 18.4 Å². The molecule has 0 saturated carbocycles. The second kappa shape index (κ2) is 4.99. The molecule has 0 aromatic heterocycles. The Balaban J connectivity index is 2.42. The molecule has 0 aromatic carbocycles. The number of allylic oxidation sites excluding steroid dienone is 1. The van der Waals surface area contributed by atoms with Crippen molar-refractivity contribution in [3.63, 3.8) is 0 Å². The number of nitriles is 1. The number of carbonyl (C=O) groups excluding carboxylic acids is 1. The van der Waals surface area contributed by atoms with Gasteiger partial charge in [-0.3, -0.25) is 0 Å². The normalized spacial score (nSPS) is 17.8. The summed E-state index contributed by atoms with van der Waals surface area (Å²) in [5.41, 5.74) is 0.849. The van der Waals surface area contributed by atoms with Crippen molar-refractivity contribution in [2.24, 2.45) is 0 Å². The van der Waals surface area contributed by atoms with Crippen molar-refractivity contribution in [2.45, 2.75) is 19.0 Å². The number of alkyl halides is 3. The van der Waals surface area contributed by atoms with Crippen LogP contribution in [0.15, 0.2) is 11.6 Å². The van der Waals surface area contributed by atoms with E-state index in [9.17, 15) is 18.0 Å². The summed E-state index contributed by atoms with van der Waals surface area (Å²) in [6.07, 6.45) is -2.75. The van der Waals surface area contributed by atoms with Crippen molar-refractivity contribution in [2.75, 3.05) is 13.1 Å². The second-order valence-electron chi connectivity index (χ2n) is 3.24. The minimum absolute atomic E-state index is 0.176. The van der Waals surface area contributed by atoms with E-state index < -0.39 is 12.1 Å². The maximum Gasteiger partial charge on any atom is 0.492 e. The van der Waals surface area contributed by atoms with Crippen molar-refractivity contribution >= 4 is 5.97 Å². The number of halogens is 3. The molecule has 0 bridgehead atoms. The summed E-state index contributed by atoms with van der Waals surface area (Å²) >= 11 is 0. The van der Waals surface area contributed by atoms with Gasteiger partial charge in [-0.1, -0.05) is 5.57 Å². The highest BCUT2D eigenvalue weighted by Crippen LogP contribution is 2.20. The number of carbonyl (C=O) groups is 1. The lowest BCUT2D eigenvalue weighted by Crippen LogP contribution is -2.38. The molecule has 0 aromatic rings. The molecule has 0 unspecified atom stereocenters. The van der Waals surface area contributed by atoms with E-state index in [0.717, 1.165) is 10.6 Å². The van der Waals surface area contributed by atoms with Gasteiger partial charge in [0.15, 0.2) is 0 Å². The van der Waals surface area contributed by atoms with Gasteiger partial charge < -0.3 is 4.84 Å². The van der Waals surface area contributed by atoms with Gasteiger partial charge >= 0.3 is 12.1 Å². The lowest BCUT2D eigenvalue weighted by Gasteiger charge is -2.26. The monoisotopic (exact) mass is 234 g/mol. The van der Waals surface area contributed by atoms with Crippen LogP contribution < -0.4 is 0 Å². The zero-order valence-electron chi connectivity index (χ0n) is 8.25. The number of hydroxylamine groups is 2. The average Bonchev–Trinajstić information content (AvgIpc) is 2.20. The molecule has 0 N–H and O–H groups in total. The van der Waals surface area contributed by atoms with Crippen LogP contribution in [0.4, 0.5) is 13.2 Å². The third-order valence-electron chi connectivity index (χ3n) is 2.08. The zero-order valence-corrected chi connectivity index (χ0v) is 8.25. The van der Waals surface area contributed by atoms with Crippen LogP contribution in [0.1, 0.15) is 12.8 Å². The predicted octanol–water partition coefficient (Wildman–Crippen LogP) is 1.55. The standard InChI is InChI=1S/C9H9F3N2O2/c10-9(11,12)8(15)16-14-5-2-7(1-4-13)3-6-14/h1H,2-3,5-6H2. The van der Waals surface area contributed by atoms with Crippen LogP contribution >= 0.6 is 0 Å². The molecular weight excluding hydrogens is 225 g/mol. The molecule has 4 nitrogen and oxygen atoms in total. The van der Waals surface area contributed by atoms with Gasteiger partial charge in [-0.15, -0.1) is 5.06 Å². The summed E-state index contributed by atoms with van der Waals surface area (Å²) in [5, 5.41) is 9.33. The van der Waals surface area contributed by atoms with E-state index in [4.69, 9.17) is 5.26 Å². The smallest absolute Gasteiger partial charge is 0.361 e. The van der Waals surface area contributed by atoms with E-state index in [1.807, 2.05) is 6.07 Å². The minimum atomic E-state index is -4.97. The van der Waals surface area contributed by atoms with Crippen molar-refractivity contribution in [1.82, 2.24) is 5.06 Å². The first-order valence-electron chi connectivity index (χ1n) is 4.55. The van der Waals surface area contributed by atoms with Crippen LogP contribution in [0, 0.1) is 11.3 Å². The molecule has 0 spiro atoms. The molecule has 1 fully saturated rings. The van der Waals surface area contributed by atoms with Gasteiger partial charge in [0.1, 0.15) is 0 Å². The summed E-state index contributed by atoms with van der Waals surface area (Å²) in [4.78, 5) is 14.6. The number of hydrogen-bond donors (Lipinski definition) is 0. The zero-order chi connectivity index (χ0) is 12.2. The summed E-state index contributed by atoms with van der Waals surface area (Å²) in [6, 6.07) is 1.85. The third kappa shape index (κ3) is 3.55. The molecular formula is C9H9F3N2O2. The van der Waals surface area contributed by atoms with Crippen molar-refractivity contribution in [1.29, 1.82) is 5.26 Å². The first kappa shape index (κ1) is 12.5. The Labute approximate surface area is 89.8 Å².